The lowest BCUT2D eigenvalue weighted by Crippen LogP contribution is -1.85. The highest BCUT2D eigenvalue weighted by atomic mass is 16.5. The molecule has 1 N–H and O–H groups in total. The maximum absolute atomic E-state index is 5.76. The number of nitrogens with zero attached hydrogens (tertiary/aromatic N) is 2. The Balaban J connectivity index is 1.88. The highest BCUT2D eigenvalue weighted by Gasteiger charge is 2.03. The third-order valence-electron chi connectivity index (χ3n) is 2.52. The van der Waals surface area contributed by atoms with E-state index in [2.05, 4.69) is 15.4 Å². The van der Waals surface area contributed by atoms with Gasteiger partial charge >= 0.3 is 0 Å². The highest BCUT2D eigenvalue weighted by molar-refractivity contribution is 5.60. The van der Waals surface area contributed by atoms with Crippen molar-refractivity contribution in [1.29, 1.82) is 0 Å². The first kappa shape index (κ1) is 10.5. The Labute approximate surface area is 104 Å². The van der Waals surface area contributed by atoms with Crippen molar-refractivity contribution in [3.05, 3.63) is 60.8 Å². The third-order valence-corrected chi connectivity index (χ3v) is 2.52. The number of rotatable bonds is 3. The van der Waals surface area contributed by atoms with Crippen molar-refractivity contribution in [2.75, 3.05) is 0 Å². The van der Waals surface area contributed by atoms with Crippen molar-refractivity contribution >= 4 is 0 Å². The van der Waals surface area contributed by atoms with Crippen LogP contribution in [0.2, 0.25) is 0 Å². The van der Waals surface area contributed by atoms with Crippen molar-refractivity contribution in [2.24, 2.45) is 0 Å². The van der Waals surface area contributed by atoms with Crippen molar-refractivity contribution in [1.82, 2.24) is 15.4 Å². The minimum atomic E-state index is 0.779. The fraction of sp³-hybridized carbons (Fsp3) is 0. The SMILES string of the molecule is c1ccc(Oc2cccc(-c3cn[nH]n3)c2)cc1. The van der Waals surface area contributed by atoms with Crippen molar-refractivity contribution in [3.8, 4) is 22.8 Å². The predicted octanol–water partition coefficient (Wildman–Crippen LogP) is 3.26. The minimum absolute atomic E-state index is 0.779. The van der Waals surface area contributed by atoms with Gasteiger partial charge < -0.3 is 4.74 Å². The molecule has 0 fully saturated rings. The molecule has 0 saturated heterocycles. The first-order chi connectivity index (χ1) is 8.92. The van der Waals surface area contributed by atoms with Crippen molar-refractivity contribution in [3.63, 3.8) is 0 Å². The molecule has 0 bridgehead atoms. The number of aromatic amines is 1. The topological polar surface area (TPSA) is 50.8 Å². The Hall–Kier alpha value is -2.62. The standard InChI is InChI=1S/C14H11N3O/c1-2-6-12(7-3-1)18-13-8-4-5-11(9-13)14-10-15-17-16-14/h1-10H,(H,15,16,17). The average molecular weight is 237 g/mol. The fourth-order valence-corrected chi connectivity index (χ4v) is 1.68. The van der Waals surface area contributed by atoms with Crippen LogP contribution in [0.15, 0.2) is 60.8 Å². The van der Waals surface area contributed by atoms with Gasteiger partial charge in [0.25, 0.3) is 0 Å². The van der Waals surface area contributed by atoms with Crippen LogP contribution in [-0.4, -0.2) is 15.4 Å². The van der Waals surface area contributed by atoms with E-state index < -0.39 is 0 Å². The quantitative estimate of drug-likeness (QED) is 0.760. The second kappa shape index (κ2) is 4.71. The lowest BCUT2D eigenvalue weighted by Gasteiger charge is -2.06. The molecule has 88 valence electrons. The molecule has 4 heteroatoms. The lowest BCUT2D eigenvalue weighted by molar-refractivity contribution is 0.483. The molecule has 0 radical (unpaired) electrons. The first-order valence-corrected chi connectivity index (χ1v) is 5.61. The molecule has 0 spiro atoms. The molecule has 3 rings (SSSR count). The Morgan fingerprint density at radius 2 is 1.72 bits per heavy atom. The predicted molar refractivity (Wildman–Crippen MR) is 68.3 cm³/mol. The molecule has 3 aromatic rings. The number of aromatic nitrogens is 3. The number of hydrogen-bond acceptors (Lipinski definition) is 3. The van der Waals surface area contributed by atoms with Crippen LogP contribution in [0.5, 0.6) is 11.5 Å². The number of H-pyrrole nitrogens is 1. The van der Waals surface area contributed by atoms with Gasteiger partial charge in [-0.3, -0.25) is 0 Å². The van der Waals surface area contributed by atoms with Gasteiger partial charge in [-0.05, 0) is 24.3 Å². The van der Waals surface area contributed by atoms with Gasteiger partial charge in [-0.1, -0.05) is 30.3 Å². The van der Waals surface area contributed by atoms with Gasteiger partial charge in [-0.2, -0.15) is 15.4 Å². The largest absolute Gasteiger partial charge is 0.457 e. The number of nitrogens with one attached hydrogen (secondary N) is 1. The molecule has 4 nitrogen and oxygen atoms in total. The maximum Gasteiger partial charge on any atom is 0.128 e. The van der Waals surface area contributed by atoms with Gasteiger partial charge in [-0.25, -0.2) is 0 Å². The van der Waals surface area contributed by atoms with Gasteiger partial charge in [0.05, 0.1) is 6.20 Å². The van der Waals surface area contributed by atoms with Crippen LogP contribution in [0.1, 0.15) is 0 Å². The van der Waals surface area contributed by atoms with E-state index in [9.17, 15) is 0 Å². The maximum atomic E-state index is 5.76. The number of benzene rings is 2. The molecule has 0 atom stereocenters. The molecule has 1 heterocycles. The smallest absolute Gasteiger partial charge is 0.128 e. The van der Waals surface area contributed by atoms with Crippen LogP contribution >= 0.6 is 0 Å². The lowest BCUT2D eigenvalue weighted by atomic mass is 10.1. The molecule has 0 aliphatic rings. The molecule has 0 saturated carbocycles. The molecule has 2 aromatic carbocycles. The Morgan fingerprint density at radius 3 is 2.50 bits per heavy atom. The zero-order valence-electron chi connectivity index (χ0n) is 9.58. The van der Waals surface area contributed by atoms with Gasteiger partial charge in [0.15, 0.2) is 0 Å². The van der Waals surface area contributed by atoms with E-state index in [1.807, 2.05) is 54.6 Å². The zero-order valence-corrected chi connectivity index (χ0v) is 9.58. The van der Waals surface area contributed by atoms with E-state index in [0.29, 0.717) is 0 Å². The Morgan fingerprint density at radius 1 is 0.889 bits per heavy atom. The van der Waals surface area contributed by atoms with Crippen LogP contribution in [0.3, 0.4) is 0 Å². The summed E-state index contributed by atoms with van der Waals surface area (Å²) in [6.45, 7) is 0. The molecular weight excluding hydrogens is 226 g/mol. The van der Waals surface area contributed by atoms with E-state index >= 15 is 0 Å². The van der Waals surface area contributed by atoms with Crippen LogP contribution in [0.4, 0.5) is 0 Å². The molecule has 18 heavy (non-hydrogen) atoms. The summed E-state index contributed by atoms with van der Waals surface area (Å²) in [5.41, 5.74) is 1.77. The van der Waals surface area contributed by atoms with Crippen LogP contribution < -0.4 is 4.74 Å². The summed E-state index contributed by atoms with van der Waals surface area (Å²) >= 11 is 0. The summed E-state index contributed by atoms with van der Waals surface area (Å²) in [7, 11) is 0. The summed E-state index contributed by atoms with van der Waals surface area (Å²) in [6, 6.07) is 17.4. The third kappa shape index (κ3) is 2.22. The minimum Gasteiger partial charge on any atom is -0.457 e. The second-order valence-electron chi connectivity index (χ2n) is 3.80. The number of ether oxygens (including phenoxy) is 1. The van der Waals surface area contributed by atoms with E-state index in [1.165, 1.54) is 0 Å². The highest BCUT2D eigenvalue weighted by Crippen LogP contribution is 2.25. The van der Waals surface area contributed by atoms with Crippen LogP contribution in [0.25, 0.3) is 11.3 Å². The molecule has 0 amide bonds. The molecule has 0 aliphatic carbocycles. The van der Waals surface area contributed by atoms with Crippen LogP contribution in [0, 0.1) is 0 Å². The summed E-state index contributed by atoms with van der Waals surface area (Å²) in [5.74, 6) is 1.59. The Bertz CT molecular complexity index is 621. The van der Waals surface area contributed by atoms with Gasteiger partial charge in [0, 0.05) is 5.56 Å². The summed E-state index contributed by atoms with van der Waals surface area (Å²) in [6.07, 6.45) is 1.68. The van der Waals surface area contributed by atoms with E-state index in [0.717, 1.165) is 22.8 Å². The van der Waals surface area contributed by atoms with Crippen LogP contribution in [-0.2, 0) is 0 Å². The average Bonchev–Trinajstić information content (AvgIpc) is 2.94. The number of hydrogen-bond donors (Lipinski definition) is 1. The van der Waals surface area contributed by atoms with Gasteiger partial charge in [-0.15, -0.1) is 0 Å². The normalized spacial score (nSPS) is 10.2. The molecular formula is C14H11N3O. The first-order valence-electron chi connectivity index (χ1n) is 5.61. The Kier molecular flexibility index (Phi) is 2.75. The molecule has 0 unspecified atom stereocenters. The van der Waals surface area contributed by atoms with Crippen molar-refractivity contribution in [2.45, 2.75) is 0 Å². The fourth-order valence-electron chi connectivity index (χ4n) is 1.68. The van der Waals surface area contributed by atoms with E-state index in [-0.39, 0.29) is 0 Å². The van der Waals surface area contributed by atoms with Crippen molar-refractivity contribution < 1.29 is 4.74 Å². The molecule has 1 aromatic heterocycles. The molecule has 0 aliphatic heterocycles. The zero-order chi connectivity index (χ0) is 12.2. The summed E-state index contributed by atoms with van der Waals surface area (Å²) in [4.78, 5) is 0. The van der Waals surface area contributed by atoms with E-state index in [1.54, 1.807) is 6.20 Å². The number of para-hydroxylation sites is 1. The van der Waals surface area contributed by atoms with Gasteiger partial charge in [0.1, 0.15) is 17.2 Å². The summed E-state index contributed by atoms with van der Waals surface area (Å²) < 4.78 is 5.76. The van der Waals surface area contributed by atoms with Gasteiger partial charge in [0.2, 0.25) is 0 Å². The van der Waals surface area contributed by atoms with E-state index in [4.69, 9.17) is 4.74 Å². The monoisotopic (exact) mass is 237 g/mol. The summed E-state index contributed by atoms with van der Waals surface area (Å²) in [5, 5.41) is 10.4. The second-order valence-corrected chi connectivity index (χ2v) is 3.80.